The second-order valence-electron chi connectivity index (χ2n) is 5.94. The zero-order valence-electron chi connectivity index (χ0n) is 15.4. The van der Waals surface area contributed by atoms with Crippen molar-refractivity contribution in [3.8, 4) is 0 Å². The summed E-state index contributed by atoms with van der Waals surface area (Å²) in [6.45, 7) is 5.34. The molecule has 0 fully saturated rings. The maximum absolute atomic E-state index is 11.7. The topological polar surface area (TPSA) is 108 Å². The van der Waals surface area contributed by atoms with Crippen LogP contribution in [0.15, 0.2) is 0 Å². The molecule has 0 aliphatic heterocycles. The maximum Gasteiger partial charge on any atom is 0.327 e. The zero-order chi connectivity index (χ0) is 18.9. The van der Waals surface area contributed by atoms with Crippen molar-refractivity contribution in [3.05, 3.63) is 0 Å². The predicted molar refractivity (Wildman–Crippen MR) is 102 cm³/mol. The molecule has 1 atom stereocenters. The maximum atomic E-state index is 11.7. The summed E-state index contributed by atoms with van der Waals surface area (Å²) >= 11 is 0.880. The number of thioether (sulfide) groups is 1. The summed E-state index contributed by atoms with van der Waals surface area (Å²) in [5, 5.41) is 16.7. The number of carbonyl (C=O) groups excluding carboxylic acids is 2. The normalized spacial score (nSPS) is 11.6. The van der Waals surface area contributed by atoms with Crippen molar-refractivity contribution < 1.29 is 19.5 Å². The predicted octanol–water partition coefficient (Wildman–Crippen LogP) is 3.34. The van der Waals surface area contributed by atoms with Crippen LogP contribution in [0.3, 0.4) is 0 Å². The molecule has 0 aromatic rings. The molecular weight excluding hydrogens is 342 g/mol. The molecule has 3 amide bonds. The second-order valence-corrected chi connectivity index (χ2v) is 6.93. The lowest BCUT2D eigenvalue weighted by Gasteiger charge is -2.14. The van der Waals surface area contributed by atoms with Gasteiger partial charge in [0.05, 0.1) is 0 Å². The molecular formula is C17H33N3O4S. The number of carboxylic acid groups (broad SMARTS) is 1. The summed E-state index contributed by atoms with van der Waals surface area (Å²) < 4.78 is 0. The highest BCUT2D eigenvalue weighted by Gasteiger charge is 2.21. The third kappa shape index (κ3) is 14.6. The Morgan fingerprint density at radius 3 is 1.96 bits per heavy atom. The van der Waals surface area contributed by atoms with Gasteiger partial charge in [-0.3, -0.25) is 4.79 Å². The zero-order valence-corrected chi connectivity index (χ0v) is 16.3. The number of carboxylic acids is 1. The number of hydrogen-bond donors (Lipinski definition) is 4. The molecule has 4 N–H and O–H groups in total. The number of aliphatic carboxylic acids is 1. The number of amides is 3. The molecule has 0 aromatic carbocycles. The fourth-order valence-electron chi connectivity index (χ4n) is 2.09. The summed E-state index contributed by atoms with van der Waals surface area (Å²) in [4.78, 5) is 34.6. The number of rotatable bonds is 14. The van der Waals surface area contributed by atoms with Gasteiger partial charge in [0.1, 0.15) is 6.04 Å². The minimum Gasteiger partial charge on any atom is -0.480 e. The van der Waals surface area contributed by atoms with Crippen molar-refractivity contribution in [1.82, 2.24) is 16.0 Å². The van der Waals surface area contributed by atoms with E-state index in [0.717, 1.165) is 63.1 Å². The number of hydrogen-bond acceptors (Lipinski definition) is 4. The van der Waals surface area contributed by atoms with E-state index in [-0.39, 0.29) is 11.0 Å². The average Bonchev–Trinajstić information content (AvgIpc) is 2.58. The Labute approximate surface area is 155 Å². The molecule has 0 aromatic heterocycles. The Balaban J connectivity index is 3.94. The molecule has 0 aliphatic carbocycles. The van der Waals surface area contributed by atoms with Crippen LogP contribution in [-0.4, -0.2) is 47.2 Å². The summed E-state index contributed by atoms with van der Waals surface area (Å²) in [5.41, 5.74) is 0. The van der Waals surface area contributed by atoms with E-state index in [4.69, 9.17) is 5.11 Å². The summed E-state index contributed by atoms with van der Waals surface area (Å²) in [5.74, 6) is -1.15. The van der Waals surface area contributed by atoms with Crippen molar-refractivity contribution in [1.29, 1.82) is 0 Å². The number of carbonyl (C=O) groups is 3. The number of nitrogens with one attached hydrogen (secondary N) is 3. The quantitative estimate of drug-likeness (QED) is 0.348. The van der Waals surface area contributed by atoms with Gasteiger partial charge in [0.25, 0.3) is 5.24 Å². The Morgan fingerprint density at radius 2 is 1.44 bits per heavy atom. The van der Waals surface area contributed by atoms with Crippen molar-refractivity contribution >= 4 is 29.0 Å². The average molecular weight is 376 g/mol. The highest BCUT2D eigenvalue weighted by atomic mass is 32.2. The highest BCUT2D eigenvalue weighted by Crippen LogP contribution is 2.06. The molecule has 0 spiro atoms. The first-order chi connectivity index (χ1) is 12.0. The van der Waals surface area contributed by atoms with Crippen LogP contribution in [0.25, 0.3) is 0 Å². The largest absolute Gasteiger partial charge is 0.480 e. The van der Waals surface area contributed by atoms with Gasteiger partial charge in [-0.1, -0.05) is 64.1 Å². The molecule has 0 rings (SSSR count). The van der Waals surface area contributed by atoms with Crippen LogP contribution in [0.1, 0.15) is 65.2 Å². The van der Waals surface area contributed by atoms with Crippen LogP contribution in [0.5, 0.6) is 0 Å². The molecule has 8 heteroatoms. The monoisotopic (exact) mass is 375 g/mol. The van der Waals surface area contributed by atoms with Gasteiger partial charge in [0.15, 0.2) is 0 Å². The van der Waals surface area contributed by atoms with E-state index in [1.165, 1.54) is 0 Å². The van der Waals surface area contributed by atoms with E-state index in [1.54, 1.807) is 0 Å². The van der Waals surface area contributed by atoms with Gasteiger partial charge in [-0.15, -0.1) is 0 Å². The first kappa shape index (κ1) is 23.6. The first-order valence-electron chi connectivity index (χ1n) is 9.19. The van der Waals surface area contributed by atoms with Crippen molar-refractivity contribution in [2.24, 2.45) is 0 Å². The molecule has 0 unspecified atom stereocenters. The molecule has 146 valence electrons. The van der Waals surface area contributed by atoms with Crippen LogP contribution in [0, 0.1) is 0 Å². The first-order valence-corrected chi connectivity index (χ1v) is 10.2. The van der Waals surface area contributed by atoms with Crippen molar-refractivity contribution in [2.45, 2.75) is 71.3 Å². The van der Waals surface area contributed by atoms with E-state index in [2.05, 4.69) is 29.8 Å². The van der Waals surface area contributed by atoms with Gasteiger partial charge in [0, 0.05) is 18.8 Å². The van der Waals surface area contributed by atoms with Crippen LogP contribution in [-0.2, 0) is 4.79 Å². The molecule has 7 nitrogen and oxygen atoms in total. The Hall–Kier alpha value is -1.44. The van der Waals surface area contributed by atoms with Crippen LogP contribution in [0.2, 0.25) is 0 Å². The Morgan fingerprint density at radius 1 is 0.880 bits per heavy atom. The summed E-state index contributed by atoms with van der Waals surface area (Å²) in [7, 11) is 0. The van der Waals surface area contributed by atoms with Crippen LogP contribution >= 0.6 is 11.8 Å². The minimum atomic E-state index is -1.15. The lowest BCUT2D eigenvalue weighted by molar-refractivity contribution is -0.138. The van der Waals surface area contributed by atoms with E-state index in [1.807, 2.05) is 0 Å². The van der Waals surface area contributed by atoms with Gasteiger partial charge in [-0.05, 0) is 12.8 Å². The third-order valence-corrected chi connectivity index (χ3v) is 4.51. The molecule has 0 saturated carbocycles. The molecule has 25 heavy (non-hydrogen) atoms. The van der Waals surface area contributed by atoms with E-state index in [0.29, 0.717) is 13.1 Å². The van der Waals surface area contributed by atoms with Gasteiger partial charge in [-0.25, -0.2) is 9.59 Å². The van der Waals surface area contributed by atoms with Crippen molar-refractivity contribution in [2.75, 3.05) is 18.8 Å². The van der Waals surface area contributed by atoms with Gasteiger partial charge < -0.3 is 21.1 Å². The van der Waals surface area contributed by atoms with Gasteiger partial charge in [0.2, 0.25) is 0 Å². The molecule has 0 aliphatic rings. The highest BCUT2D eigenvalue weighted by molar-refractivity contribution is 8.13. The molecule has 0 bridgehead atoms. The standard InChI is InChI=1S/C17H33N3O4S/c1-3-5-7-9-11-18-16(23)20-14(15(21)22)13-25-17(24)19-12-10-8-6-4-2/h14H,3-13H2,1-2H3,(H,19,24)(H,21,22)(H2,18,20,23)/t14-/m0/s1. The van der Waals surface area contributed by atoms with E-state index < -0.39 is 18.0 Å². The van der Waals surface area contributed by atoms with Gasteiger partial charge in [-0.2, -0.15) is 0 Å². The Kier molecular flexibility index (Phi) is 15.1. The lowest BCUT2D eigenvalue weighted by Crippen LogP contribution is -2.47. The fourth-order valence-corrected chi connectivity index (χ4v) is 2.84. The molecule has 0 heterocycles. The lowest BCUT2D eigenvalue weighted by atomic mass is 10.2. The number of urea groups is 1. The summed E-state index contributed by atoms with van der Waals surface area (Å²) in [6.07, 6.45) is 8.40. The SMILES string of the molecule is CCCCCCNC(=O)N[C@@H](CSC(=O)NCCCCCC)C(=O)O. The minimum absolute atomic E-state index is 0.000614. The molecule has 0 radical (unpaired) electrons. The van der Waals surface area contributed by atoms with E-state index >= 15 is 0 Å². The van der Waals surface area contributed by atoms with Crippen LogP contribution in [0.4, 0.5) is 9.59 Å². The number of unbranched alkanes of at least 4 members (excludes halogenated alkanes) is 6. The van der Waals surface area contributed by atoms with E-state index in [9.17, 15) is 14.4 Å². The second kappa shape index (κ2) is 16.1. The Bertz CT molecular complexity index is 394. The van der Waals surface area contributed by atoms with Crippen molar-refractivity contribution in [3.63, 3.8) is 0 Å². The fraction of sp³-hybridized carbons (Fsp3) is 0.824. The smallest absolute Gasteiger partial charge is 0.327 e. The van der Waals surface area contributed by atoms with Gasteiger partial charge >= 0.3 is 12.0 Å². The third-order valence-electron chi connectivity index (χ3n) is 3.60. The molecule has 0 saturated heterocycles. The summed E-state index contributed by atoms with van der Waals surface area (Å²) in [6, 6.07) is -1.60. The van der Waals surface area contributed by atoms with Crippen LogP contribution < -0.4 is 16.0 Å².